The van der Waals surface area contributed by atoms with Crippen molar-refractivity contribution in [3.8, 4) is 11.5 Å². The van der Waals surface area contributed by atoms with Crippen LogP contribution in [0.2, 0.25) is 5.02 Å². The molecule has 1 heterocycles. The van der Waals surface area contributed by atoms with E-state index in [-0.39, 0.29) is 13.4 Å². The second-order valence-electron chi connectivity index (χ2n) is 3.14. The summed E-state index contributed by atoms with van der Waals surface area (Å²) in [5, 5.41) is 12.0. The molecule has 0 aliphatic carbocycles. The van der Waals surface area contributed by atoms with Crippen molar-refractivity contribution in [2.45, 2.75) is 6.61 Å². The van der Waals surface area contributed by atoms with E-state index >= 15 is 0 Å². The molecule has 0 atom stereocenters. The zero-order chi connectivity index (χ0) is 12.3. The molecular formula is C10H8ClNO5. The van der Waals surface area contributed by atoms with Gasteiger partial charge in [-0.15, -0.1) is 0 Å². The summed E-state index contributed by atoms with van der Waals surface area (Å²) >= 11 is 5.97. The molecule has 0 saturated carbocycles. The van der Waals surface area contributed by atoms with Crippen LogP contribution >= 0.6 is 11.6 Å². The lowest BCUT2D eigenvalue weighted by Gasteiger charge is -2.04. The minimum Gasteiger partial charge on any atom is -0.477 e. The minimum atomic E-state index is -1.18. The first-order valence-electron chi connectivity index (χ1n) is 4.63. The standard InChI is InChI=1S/C10H8ClNO5/c11-7-2-9-8(15-5-16-9)1-6(7)4-17-12-3-10(13)14/h1-3H,4-5H2,(H,13,14)/b12-3+. The van der Waals surface area contributed by atoms with E-state index in [4.69, 9.17) is 31.0 Å². The molecule has 0 radical (unpaired) electrons. The molecule has 0 bridgehead atoms. The van der Waals surface area contributed by atoms with Crippen LogP contribution in [0.15, 0.2) is 17.3 Å². The Bertz CT molecular complexity index is 474. The number of fused-ring (bicyclic) bond motifs is 1. The molecule has 90 valence electrons. The second kappa shape index (κ2) is 4.92. The molecule has 0 spiro atoms. The van der Waals surface area contributed by atoms with Crippen molar-refractivity contribution in [1.29, 1.82) is 0 Å². The monoisotopic (exact) mass is 257 g/mol. The molecule has 1 aromatic rings. The fourth-order valence-corrected chi connectivity index (χ4v) is 1.47. The van der Waals surface area contributed by atoms with Gasteiger partial charge in [0.1, 0.15) is 6.61 Å². The summed E-state index contributed by atoms with van der Waals surface area (Å²) in [6.45, 7) is 0.215. The first-order valence-corrected chi connectivity index (χ1v) is 5.01. The van der Waals surface area contributed by atoms with E-state index in [2.05, 4.69) is 5.16 Å². The van der Waals surface area contributed by atoms with Crippen molar-refractivity contribution >= 4 is 23.8 Å². The Labute approximate surface area is 101 Å². The van der Waals surface area contributed by atoms with Gasteiger partial charge < -0.3 is 19.4 Å². The first-order chi connectivity index (χ1) is 8.16. The van der Waals surface area contributed by atoms with Crippen LogP contribution in [0.4, 0.5) is 0 Å². The van der Waals surface area contributed by atoms with Crippen LogP contribution in [0, 0.1) is 0 Å². The van der Waals surface area contributed by atoms with E-state index in [0.29, 0.717) is 28.3 Å². The summed E-state index contributed by atoms with van der Waals surface area (Å²) in [7, 11) is 0. The lowest BCUT2D eigenvalue weighted by Crippen LogP contribution is -1.96. The predicted molar refractivity (Wildman–Crippen MR) is 58.5 cm³/mol. The quantitative estimate of drug-likeness (QED) is 0.656. The van der Waals surface area contributed by atoms with Crippen LogP contribution in [0.5, 0.6) is 11.5 Å². The van der Waals surface area contributed by atoms with Crippen LogP contribution in [0.25, 0.3) is 0 Å². The minimum absolute atomic E-state index is 0.0548. The highest BCUT2D eigenvalue weighted by atomic mass is 35.5. The molecule has 17 heavy (non-hydrogen) atoms. The van der Waals surface area contributed by atoms with Gasteiger partial charge in [-0.3, -0.25) is 0 Å². The third-order valence-electron chi connectivity index (χ3n) is 2.00. The van der Waals surface area contributed by atoms with Gasteiger partial charge >= 0.3 is 5.97 Å². The fourth-order valence-electron chi connectivity index (χ4n) is 1.26. The first kappa shape index (κ1) is 11.5. The predicted octanol–water partition coefficient (Wildman–Crippen LogP) is 1.66. The third-order valence-corrected chi connectivity index (χ3v) is 2.35. The Morgan fingerprint density at radius 1 is 1.53 bits per heavy atom. The van der Waals surface area contributed by atoms with Gasteiger partial charge in [0.05, 0.1) is 5.02 Å². The van der Waals surface area contributed by atoms with Crippen molar-refractivity contribution in [3.63, 3.8) is 0 Å². The molecule has 0 amide bonds. The Morgan fingerprint density at radius 3 is 2.94 bits per heavy atom. The lowest BCUT2D eigenvalue weighted by molar-refractivity contribution is -0.129. The number of halogens is 1. The number of nitrogens with zero attached hydrogens (tertiary/aromatic N) is 1. The number of hydrogen-bond acceptors (Lipinski definition) is 5. The maximum absolute atomic E-state index is 10.1. The van der Waals surface area contributed by atoms with Crippen LogP contribution < -0.4 is 9.47 Å². The smallest absolute Gasteiger partial charge is 0.350 e. The van der Waals surface area contributed by atoms with E-state index in [0.717, 1.165) is 0 Å². The normalized spacial score (nSPS) is 13.0. The van der Waals surface area contributed by atoms with Gasteiger partial charge in [0.15, 0.2) is 17.7 Å². The molecule has 1 aliphatic rings. The topological polar surface area (TPSA) is 77.4 Å². The SMILES string of the molecule is O=C(O)/C=N/OCc1cc2c(cc1Cl)OCO2. The van der Waals surface area contributed by atoms with E-state index in [1.807, 2.05) is 0 Å². The van der Waals surface area contributed by atoms with Crippen molar-refractivity contribution in [2.24, 2.45) is 5.16 Å². The van der Waals surface area contributed by atoms with E-state index in [1.165, 1.54) is 0 Å². The highest BCUT2D eigenvalue weighted by Crippen LogP contribution is 2.36. The van der Waals surface area contributed by atoms with Gasteiger partial charge in [0.25, 0.3) is 0 Å². The number of hydrogen-bond donors (Lipinski definition) is 1. The number of carboxylic acids is 1. The Kier molecular flexibility index (Phi) is 3.34. The van der Waals surface area contributed by atoms with Crippen LogP contribution in [0.1, 0.15) is 5.56 Å². The molecule has 7 heteroatoms. The van der Waals surface area contributed by atoms with E-state index in [9.17, 15) is 4.79 Å². The highest BCUT2D eigenvalue weighted by Gasteiger charge is 2.16. The van der Waals surface area contributed by atoms with Gasteiger partial charge in [-0.2, -0.15) is 0 Å². The summed E-state index contributed by atoms with van der Waals surface area (Å²) in [5.41, 5.74) is 0.637. The van der Waals surface area contributed by atoms with Gasteiger partial charge in [-0.05, 0) is 6.07 Å². The zero-order valence-corrected chi connectivity index (χ0v) is 9.31. The van der Waals surface area contributed by atoms with Gasteiger partial charge in [0.2, 0.25) is 6.79 Å². The summed E-state index contributed by atoms with van der Waals surface area (Å²) in [5.74, 6) is -0.0233. The number of aliphatic carboxylic acids is 1. The third kappa shape index (κ3) is 2.79. The van der Waals surface area contributed by atoms with Crippen LogP contribution in [-0.2, 0) is 16.2 Å². The van der Waals surface area contributed by atoms with Gasteiger partial charge in [-0.25, -0.2) is 4.79 Å². The Balaban J connectivity index is 2.04. The Morgan fingerprint density at radius 2 is 2.24 bits per heavy atom. The zero-order valence-electron chi connectivity index (χ0n) is 8.55. The van der Waals surface area contributed by atoms with Crippen LogP contribution in [-0.4, -0.2) is 24.1 Å². The van der Waals surface area contributed by atoms with Crippen molar-refractivity contribution < 1.29 is 24.2 Å². The average Bonchev–Trinajstić information content (AvgIpc) is 2.71. The van der Waals surface area contributed by atoms with Crippen molar-refractivity contribution in [3.05, 3.63) is 22.7 Å². The average molecular weight is 258 g/mol. The van der Waals surface area contributed by atoms with Gasteiger partial charge in [0, 0.05) is 11.6 Å². The molecule has 1 N–H and O–H groups in total. The number of rotatable bonds is 4. The van der Waals surface area contributed by atoms with Crippen molar-refractivity contribution in [2.75, 3.05) is 6.79 Å². The molecule has 2 rings (SSSR count). The molecule has 1 aromatic carbocycles. The molecule has 0 aromatic heterocycles. The number of ether oxygens (including phenoxy) is 2. The second-order valence-corrected chi connectivity index (χ2v) is 3.55. The van der Waals surface area contributed by atoms with E-state index < -0.39 is 5.97 Å². The summed E-state index contributed by atoms with van der Waals surface area (Å²) in [6.07, 6.45) is 0.654. The van der Waals surface area contributed by atoms with E-state index in [1.54, 1.807) is 12.1 Å². The highest BCUT2D eigenvalue weighted by molar-refractivity contribution is 6.31. The maximum Gasteiger partial charge on any atom is 0.350 e. The molecule has 0 fully saturated rings. The Hall–Kier alpha value is -1.95. The van der Waals surface area contributed by atoms with Gasteiger partial charge in [-0.1, -0.05) is 16.8 Å². The summed E-state index contributed by atoms with van der Waals surface area (Å²) in [6, 6.07) is 3.28. The number of carboxylic acid groups (broad SMARTS) is 1. The van der Waals surface area contributed by atoms with Crippen molar-refractivity contribution in [1.82, 2.24) is 0 Å². The molecule has 0 saturated heterocycles. The number of oxime groups is 1. The largest absolute Gasteiger partial charge is 0.477 e. The number of carbonyl (C=O) groups is 1. The summed E-state index contributed by atoms with van der Waals surface area (Å²) < 4.78 is 10.3. The lowest BCUT2D eigenvalue weighted by atomic mass is 10.2. The molecule has 1 aliphatic heterocycles. The molecule has 6 nitrogen and oxygen atoms in total. The molecule has 0 unspecified atom stereocenters. The van der Waals surface area contributed by atoms with Crippen LogP contribution in [0.3, 0.4) is 0 Å². The number of benzene rings is 1. The maximum atomic E-state index is 10.1. The fraction of sp³-hybridized carbons (Fsp3) is 0.200. The summed E-state index contributed by atoms with van der Waals surface area (Å²) in [4.78, 5) is 14.9. The molecular weight excluding hydrogens is 250 g/mol.